The predicted octanol–water partition coefficient (Wildman–Crippen LogP) is 1.48. The minimum Gasteiger partial charge on any atom is -0.356 e. The SMILES string of the molecule is Cn1cnc(N2CCC(c3nnc4ccc(C5CC5)nn34)CC2)cc1=O. The third-order valence-electron chi connectivity index (χ3n) is 5.45. The van der Waals surface area contributed by atoms with Crippen LogP contribution in [-0.2, 0) is 7.05 Å². The number of aryl methyl sites for hydroxylation is 1. The zero-order chi connectivity index (χ0) is 17.7. The van der Waals surface area contributed by atoms with Gasteiger partial charge in [-0.1, -0.05) is 0 Å². The molecule has 1 saturated carbocycles. The van der Waals surface area contributed by atoms with Crippen molar-refractivity contribution in [2.75, 3.05) is 18.0 Å². The maximum absolute atomic E-state index is 11.8. The van der Waals surface area contributed by atoms with Gasteiger partial charge < -0.3 is 9.47 Å². The zero-order valence-corrected chi connectivity index (χ0v) is 14.7. The Labute approximate surface area is 150 Å². The third-order valence-corrected chi connectivity index (χ3v) is 5.45. The highest BCUT2D eigenvalue weighted by Gasteiger charge is 2.28. The summed E-state index contributed by atoms with van der Waals surface area (Å²) in [5.41, 5.74) is 1.94. The first-order valence-electron chi connectivity index (χ1n) is 9.19. The average Bonchev–Trinajstić information content (AvgIpc) is 3.43. The van der Waals surface area contributed by atoms with E-state index >= 15 is 0 Å². The van der Waals surface area contributed by atoms with Crippen LogP contribution in [0, 0.1) is 0 Å². The average molecular weight is 351 g/mol. The molecule has 1 aliphatic carbocycles. The predicted molar refractivity (Wildman–Crippen MR) is 96.4 cm³/mol. The van der Waals surface area contributed by atoms with Crippen LogP contribution in [0.3, 0.4) is 0 Å². The maximum atomic E-state index is 11.8. The van der Waals surface area contributed by atoms with Crippen molar-refractivity contribution in [1.82, 2.24) is 29.4 Å². The fourth-order valence-corrected chi connectivity index (χ4v) is 3.66. The van der Waals surface area contributed by atoms with Crippen molar-refractivity contribution < 1.29 is 0 Å². The largest absolute Gasteiger partial charge is 0.356 e. The molecule has 4 heterocycles. The first-order valence-corrected chi connectivity index (χ1v) is 9.19. The van der Waals surface area contributed by atoms with Crippen molar-refractivity contribution >= 4 is 11.5 Å². The van der Waals surface area contributed by atoms with Crippen LogP contribution in [0.15, 0.2) is 29.3 Å². The van der Waals surface area contributed by atoms with Gasteiger partial charge in [0, 0.05) is 38.0 Å². The van der Waals surface area contributed by atoms with Crippen LogP contribution in [0.4, 0.5) is 5.82 Å². The molecule has 0 amide bonds. The van der Waals surface area contributed by atoms with Crippen LogP contribution in [0.25, 0.3) is 5.65 Å². The number of anilines is 1. The monoisotopic (exact) mass is 351 g/mol. The minimum atomic E-state index is -0.0302. The second kappa shape index (κ2) is 5.89. The van der Waals surface area contributed by atoms with Crippen LogP contribution in [-0.4, -0.2) is 42.5 Å². The van der Waals surface area contributed by atoms with Gasteiger partial charge in [0.2, 0.25) is 0 Å². The van der Waals surface area contributed by atoms with E-state index < -0.39 is 0 Å². The van der Waals surface area contributed by atoms with Crippen LogP contribution in [0.1, 0.15) is 49.0 Å². The second-order valence-electron chi connectivity index (χ2n) is 7.32. The molecule has 0 atom stereocenters. The molecule has 1 aliphatic heterocycles. The summed E-state index contributed by atoms with van der Waals surface area (Å²) in [4.78, 5) is 18.4. The lowest BCUT2D eigenvalue weighted by molar-refractivity contribution is 0.474. The van der Waals surface area contributed by atoms with E-state index in [9.17, 15) is 4.79 Å². The first kappa shape index (κ1) is 15.5. The second-order valence-corrected chi connectivity index (χ2v) is 7.32. The van der Waals surface area contributed by atoms with Gasteiger partial charge in [0.25, 0.3) is 5.56 Å². The van der Waals surface area contributed by atoms with Crippen LogP contribution >= 0.6 is 0 Å². The molecule has 134 valence electrons. The summed E-state index contributed by atoms with van der Waals surface area (Å²) in [6, 6.07) is 5.71. The van der Waals surface area contributed by atoms with Crippen molar-refractivity contribution in [3.63, 3.8) is 0 Å². The van der Waals surface area contributed by atoms with E-state index in [4.69, 9.17) is 5.10 Å². The van der Waals surface area contributed by atoms with Gasteiger partial charge in [-0.3, -0.25) is 4.79 Å². The Hall–Kier alpha value is -2.77. The summed E-state index contributed by atoms with van der Waals surface area (Å²) in [5, 5.41) is 13.5. The molecule has 0 N–H and O–H groups in total. The van der Waals surface area contributed by atoms with Crippen LogP contribution in [0.2, 0.25) is 0 Å². The Balaban J connectivity index is 1.36. The summed E-state index contributed by atoms with van der Waals surface area (Å²) in [6.07, 6.45) is 5.95. The van der Waals surface area contributed by atoms with E-state index in [1.165, 1.54) is 17.4 Å². The molecule has 2 fully saturated rings. The molecule has 0 radical (unpaired) electrons. The molecule has 1 saturated heterocycles. The number of aromatic nitrogens is 6. The highest BCUT2D eigenvalue weighted by Crippen LogP contribution is 2.39. The quantitative estimate of drug-likeness (QED) is 0.711. The molecule has 26 heavy (non-hydrogen) atoms. The van der Waals surface area contributed by atoms with Crippen molar-refractivity contribution in [1.29, 1.82) is 0 Å². The Kier molecular flexibility index (Phi) is 3.51. The third kappa shape index (κ3) is 2.65. The lowest BCUT2D eigenvalue weighted by atomic mass is 9.96. The molecule has 8 nitrogen and oxygen atoms in total. The summed E-state index contributed by atoms with van der Waals surface area (Å²) >= 11 is 0. The molecule has 8 heteroatoms. The molecule has 3 aromatic heterocycles. The zero-order valence-electron chi connectivity index (χ0n) is 14.7. The van der Waals surface area contributed by atoms with Crippen molar-refractivity contribution in [3.8, 4) is 0 Å². The van der Waals surface area contributed by atoms with E-state index in [0.717, 1.165) is 48.9 Å². The Bertz CT molecular complexity index is 1010. The molecular weight excluding hydrogens is 330 g/mol. The number of hydrogen-bond donors (Lipinski definition) is 0. The van der Waals surface area contributed by atoms with Crippen LogP contribution < -0.4 is 10.5 Å². The minimum absolute atomic E-state index is 0.0302. The van der Waals surface area contributed by atoms with Crippen LogP contribution in [0.5, 0.6) is 0 Å². The molecule has 5 rings (SSSR count). The van der Waals surface area contributed by atoms with E-state index in [-0.39, 0.29) is 5.56 Å². The number of fused-ring (bicyclic) bond motifs is 1. The smallest absolute Gasteiger partial charge is 0.255 e. The van der Waals surface area contributed by atoms with Gasteiger partial charge in [-0.2, -0.15) is 9.61 Å². The highest BCUT2D eigenvalue weighted by atomic mass is 16.1. The number of rotatable bonds is 3. The van der Waals surface area contributed by atoms with Gasteiger partial charge in [0.1, 0.15) is 5.82 Å². The standard InChI is InChI=1S/C18H21N7O/c1-23-11-19-16(10-17(23)26)24-8-6-13(7-9-24)18-21-20-15-5-4-14(12-2-3-12)22-25(15)18/h4-5,10-13H,2-3,6-9H2,1H3. The Morgan fingerprint density at radius 2 is 1.85 bits per heavy atom. The highest BCUT2D eigenvalue weighted by molar-refractivity contribution is 5.39. The van der Waals surface area contributed by atoms with E-state index in [0.29, 0.717) is 11.8 Å². The molecule has 0 aromatic carbocycles. The normalized spacial score (nSPS) is 18.6. The summed E-state index contributed by atoms with van der Waals surface area (Å²) in [6.45, 7) is 1.70. The maximum Gasteiger partial charge on any atom is 0.255 e. The summed E-state index contributed by atoms with van der Waals surface area (Å²) in [5.74, 6) is 2.66. The molecule has 0 bridgehead atoms. The van der Waals surface area contributed by atoms with Crippen molar-refractivity contribution in [2.24, 2.45) is 7.05 Å². The van der Waals surface area contributed by atoms with Crippen molar-refractivity contribution in [2.45, 2.75) is 37.5 Å². The van der Waals surface area contributed by atoms with Crippen molar-refractivity contribution in [3.05, 3.63) is 46.4 Å². The van der Waals surface area contributed by atoms with E-state index in [1.54, 1.807) is 19.4 Å². The number of nitrogens with zero attached hydrogens (tertiary/aromatic N) is 7. The molecule has 2 aliphatic rings. The van der Waals surface area contributed by atoms with Gasteiger partial charge >= 0.3 is 0 Å². The molecule has 0 spiro atoms. The Morgan fingerprint density at radius 3 is 2.58 bits per heavy atom. The van der Waals surface area contributed by atoms with Gasteiger partial charge in [0.15, 0.2) is 11.5 Å². The lowest BCUT2D eigenvalue weighted by Gasteiger charge is -2.31. The number of piperidine rings is 1. The lowest BCUT2D eigenvalue weighted by Crippen LogP contribution is -2.35. The van der Waals surface area contributed by atoms with Gasteiger partial charge in [-0.25, -0.2) is 4.98 Å². The molecule has 0 unspecified atom stereocenters. The molecular formula is C18H21N7O. The number of hydrogen-bond acceptors (Lipinski definition) is 6. The van der Waals surface area contributed by atoms with Gasteiger partial charge in [0.05, 0.1) is 12.0 Å². The van der Waals surface area contributed by atoms with E-state index in [2.05, 4.69) is 26.1 Å². The Morgan fingerprint density at radius 1 is 1.04 bits per heavy atom. The topological polar surface area (TPSA) is 81.2 Å². The molecule has 3 aromatic rings. The van der Waals surface area contributed by atoms with Gasteiger partial charge in [-0.05, 0) is 37.8 Å². The summed E-state index contributed by atoms with van der Waals surface area (Å²) < 4.78 is 3.42. The fourth-order valence-electron chi connectivity index (χ4n) is 3.66. The summed E-state index contributed by atoms with van der Waals surface area (Å²) in [7, 11) is 1.71. The first-order chi connectivity index (χ1) is 12.7. The van der Waals surface area contributed by atoms with Gasteiger partial charge in [-0.15, -0.1) is 10.2 Å². The van der Waals surface area contributed by atoms with E-state index in [1.807, 2.05) is 10.6 Å². The fraction of sp³-hybridized carbons (Fsp3) is 0.500.